The van der Waals surface area contributed by atoms with Crippen LogP contribution in [0.15, 0.2) is 38.6 Å². The topological polar surface area (TPSA) is 101 Å². The molecule has 2 aromatic rings. The van der Waals surface area contributed by atoms with Crippen molar-refractivity contribution in [2.45, 2.75) is 13.8 Å². The first-order chi connectivity index (χ1) is 10.0. The van der Waals surface area contributed by atoms with E-state index < -0.39 is 11.7 Å². The minimum absolute atomic E-state index is 0.00719. The normalized spacial score (nSPS) is 11.4. The van der Waals surface area contributed by atoms with Gasteiger partial charge in [-0.2, -0.15) is 5.10 Å². The van der Waals surface area contributed by atoms with E-state index in [1.165, 1.54) is 12.1 Å². The van der Waals surface area contributed by atoms with Crippen LogP contribution in [0, 0.1) is 0 Å². The molecule has 7 heteroatoms. The van der Waals surface area contributed by atoms with Crippen LogP contribution >= 0.6 is 0 Å². The van der Waals surface area contributed by atoms with E-state index >= 15 is 0 Å². The highest BCUT2D eigenvalue weighted by Gasteiger charge is 2.09. The Hall–Kier alpha value is -2.83. The molecule has 2 N–H and O–H groups in total. The number of nitrogens with one attached hydrogen (secondary N) is 1. The number of ether oxygens (including phenoxy) is 1. The van der Waals surface area contributed by atoms with Gasteiger partial charge in [-0.3, -0.25) is 0 Å². The number of nitrogens with zero attached hydrogens (tertiary/aromatic N) is 1. The van der Waals surface area contributed by atoms with Gasteiger partial charge in [0, 0.05) is 11.5 Å². The summed E-state index contributed by atoms with van der Waals surface area (Å²) in [6, 6.07) is 6.02. The van der Waals surface area contributed by atoms with Gasteiger partial charge in [0.1, 0.15) is 11.3 Å². The molecule has 0 unspecified atom stereocenters. The Kier molecular flexibility index (Phi) is 4.22. The van der Waals surface area contributed by atoms with Crippen molar-refractivity contribution in [3.05, 3.63) is 40.2 Å². The molecular weight excluding hydrogens is 276 g/mol. The minimum atomic E-state index is -0.702. The lowest BCUT2D eigenvalue weighted by Gasteiger charge is -2.03. The highest BCUT2D eigenvalue weighted by molar-refractivity contribution is 6.00. The smallest absolute Gasteiger partial charge is 0.427 e. The molecule has 0 bridgehead atoms. The van der Waals surface area contributed by atoms with E-state index in [0.717, 1.165) is 0 Å². The fraction of sp³-hybridized carbons (Fsp3) is 0.214. The largest absolute Gasteiger partial charge is 0.508 e. The Morgan fingerprint density at radius 3 is 2.90 bits per heavy atom. The quantitative estimate of drug-likeness (QED) is 0.511. The summed E-state index contributed by atoms with van der Waals surface area (Å²) in [5.41, 5.74) is 2.33. The molecule has 1 aromatic carbocycles. The monoisotopic (exact) mass is 290 g/mol. The van der Waals surface area contributed by atoms with Gasteiger partial charge in [-0.05, 0) is 32.0 Å². The molecule has 0 atom stereocenters. The van der Waals surface area contributed by atoms with Gasteiger partial charge in [-0.25, -0.2) is 15.0 Å². The van der Waals surface area contributed by atoms with Crippen molar-refractivity contribution in [3.63, 3.8) is 0 Å². The zero-order chi connectivity index (χ0) is 15.4. The van der Waals surface area contributed by atoms with Crippen molar-refractivity contribution in [2.75, 3.05) is 6.61 Å². The Balaban J connectivity index is 2.35. The number of hydrogen-bond donors (Lipinski definition) is 2. The van der Waals surface area contributed by atoms with Crippen LogP contribution in [0.3, 0.4) is 0 Å². The Bertz CT molecular complexity index is 764. The molecule has 0 aliphatic carbocycles. The van der Waals surface area contributed by atoms with E-state index in [2.05, 4.69) is 15.3 Å². The summed E-state index contributed by atoms with van der Waals surface area (Å²) < 4.78 is 9.76. The number of carbonyl (C=O) groups excluding carboxylic acids is 1. The van der Waals surface area contributed by atoms with Gasteiger partial charge < -0.3 is 14.3 Å². The molecule has 7 nitrogen and oxygen atoms in total. The number of aromatic hydroxyl groups is 1. The van der Waals surface area contributed by atoms with Crippen LogP contribution in [-0.4, -0.2) is 23.5 Å². The molecule has 21 heavy (non-hydrogen) atoms. The maximum Gasteiger partial charge on any atom is 0.427 e. The summed E-state index contributed by atoms with van der Waals surface area (Å²) in [4.78, 5) is 23.0. The lowest BCUT2D eigenvalue weighted by Crippen LogP contribution is -2.22. The molecule has 0 aliphatic rings. The van der Waals surface area contributed by atoms with Crippen molar-refractivity contribution >= 4 is 22.8 Å². The van der Waals surface area contributed by atoms with Crippen LogP contribution in [0.2, 0.25) is 0 Å². The second-order valence-corrected chi connectivity index (χ2v) is 4.20. The molecule has 1 heterocycles. The molecule has 0 saturated heterocycles. The average Bonchev–Trinajstić information content (AvgIpc) is 2.44. The van der Waals surface area contributed by atoms with E-state index in [1.807, 2.05) is 0 Å². The third kappa shape index (κ3) is 3.38. The molecule has 1 amide bonds. The average molecular weight is 290 g/mol. The summed E-state index contributed by atoms with van der Waals surface area (Å²) in [6.45, 7) is 3.45. The molecule has 2 rings (SSSR count). The molecular formula is C14H14N2O5. The third-order valence-electron chi connectivity index (χ3n) is 2.70. The van der Waals surface area contributed by atoms with E-state index in [1.54, 1.807) is 26.0 Å². The van der Waals surface area contributed by atoms with Gasteiger partial charge in [0.25, 0.3) is 0 Å². The van der Waals surface area contributed by atoms with Crippen LogP contribution in [0.5, 0.6) is 5.75 Å². The molecule has 0 fully saturated rings. The van der Waals surface area contributed by atoms with Crippen molar-refractivity contribution < 1.29 is 19.1 Å². The first-order valence-corrected chi connectivity index (χ1v) is 6.25. The molecule has 0 saturated carbocycles. The standard InChI is InChI=1S/C14H14N2O5/c1-3-20-14(19)16-15-8(2)11-6-9-4-5-10(17)7-12(9)21-13(11)18/h4-7,17H,3H2,1-2H3,(H,16,19)/b15-8+. The lowest BCUT2D eigenvalue weighted by molar-refractivity contribution is 0.152. The third-order valence-corrected chi connectivity index (χ3v) is 2.70. The SMILES string of the molecule is CCOC(=O)N/N=C(\C)c1cc2ccc(O)cc2oc1=O. The van der Waals surface area contributed by atoms with Gasteiger partial charge in [0.05, 0.1) is 17.9 Å². The molecule has 110 valence electrons. The Morgan fingerprint density at radius 2 is 2.19 bits per heavy atom. The number of rotatable bonds is 3. The molecule has 0 spiro atoms. The van der Waals surface area contributed by atoms with Crippen LogP contribution in [-0.2, 0) is 4.74 Å². The van der Waals surface area contributed by atoms with E-state index in [-0.39, 0.29) is 29.2 Å². The zero-order valence-electron chi connectivity index (χ0n) is 11.5. The summed E-state index contributed by atoms with van der Waals surface area (Å²) in [7, 11) is 0. The lowest BCUT2D eigenvalue weighted by atomic mass is 10.1. The van der Waals surface area contributed by atoms with Crippen LogP contribution in [0.25, 0.3) is 11.0 Å². The van der Waals surface area contributed by atoms with Crippen molar-refractivity contribution in [2.24, 2.45) is 5.10 Å². The second-order valence-electron chi connectivity index (χ2n) is 4.20. The number of amides is 1. The maximum atomic E-state index is 11.9. The predicted octanol–water partition coefficient (Wildman–Crippen LogP) is 1.97. The van der Waals surface area contributed by atoms with Gasteiger partial charge in [-0.1, -0.05) is 0 Å². The highest BCUT2D eigenvalue weighted by Crippen LogP contribution is 2.19. The number of phenols is 1. The van der Waals surface area contributed by atoms with Gasteiger partial charge >= 0.3 is 11.7 Å². The molecule has 1 aromatic heterocycles. The van der Waals surface area contributed by atoms with Crippen LogP contribution in [0.1, 0.15) is 19.4 Å². The fourth-order valence-corrected chi connectivity index (χ4v) is 1.71. The Morgan fingerprint density at radius 1 is 1.43 bits per heavy atom. The van der Waals surface area contributed by atoms with Crippen molar-refractivity contribution in [1.82, 2.24) is 5.43 Å². The number of benzene rings is 1. The first kappa shape index (κ1) is 14.6. The van der Waals surface area contributed by atoms with Crippen LogP contribution in [0.4, 0.5) is 4.79 Å². The summed E-state index contributed by atoms with van der Waals surface area (Å²) in [5.74, 6) is 0.00719. The predicted molar refractivity (Wildman–Crippen MR) is 76.5 cm³/mol. The number of phenolic OH excluding ortho intramolecular Hbond substituents is 1. The second kappa shape index (κ2) is 6.08. The number of fused-ring (bicyclic) bond motifs is 1. The van der Waals surface area contributed by atoms with E-state index in [4.69, 9.17) is 4.42 Å². The van der Waals surface area contributed by atoms with Gasteiger partial charge in [0.2, 0.25) is 0 Å². The number of hydrazone groups is 1. The summed E-state index contributed by atoms with van der Waals surface area (Å²) in [5, 5.41) is 13.8. The van der Waals surface area contributed by atoms with Gasteiger partial charge in [0.15, 0.2) is 0 Å². The van der Waals surface area contributed by atoms with E-state index in [9.17, 15) is 14.7 Å². The first-order valence-electron chi connectivity index (χ1n) is 6.25. The van der Waals surface area contributed by atoms with Crippen molar-refractivity contribution in [3.8, 4) is 5.75 Å². The molecule has 0 radical (unpaired) electrons. The minimum Gasteiger partial charge on any atom is -0.508 e. The summed E-state index contributed by atoms with van der Waals surface area (Å²) >= 11 is 0. The van der Waals surface area contributed by atoms with Crippen LogP contribution < -0.4 is 11.1 Å². The number of hydrogen-bond acceptors (Lipinski definition) is 6. The Labute approximate surface area is 119 Å². The van der Waals surface area contributed by atoms with Crippen molar-refractivity contribution in [1.29, 1.82) is 0 Å². The van der Waals surface area contributed by atoms with E-state index in [0.29, 0.717) is 5.39 Å². The van der Waals surface area contributed by atoms with Gasteiger partial charge in [-0.15, -0.1) is 0 Å². The number of carbonyl (C=O) groups is 1. The zero-order valence-corrected chi connectivity index (χ0v) is 11.5. The fourth-order valence-electron chi connectivity index (χ4n) is 1.71. The molecule has 0 aliphatic heterocycles. The maximum absolute atomic E-state index is 11.9. The highest BCUT2D eigenvalue weighted by atomic mass is 16.5. The summed E-state index contributed by atoms with van der Waals surface area (Å²) in [6.07, 6.45) is -0.702.